The molecule has 0 unspecified atom stereocenters. The number of carboxylic acids is 1. The summed E-state index contributed by atoms with van der Waals surface area (Å²) < 4.78 is 11.0. The Morgan fingerprint density at radius 2 is 2.11 bits per heavy atom. The Labute approximate surface area is 110 Å². The normalized spacial score (nSPS) is 16.8. The van der Waals surface area contributed by atoms with Crippen molar-refractivity contribution in [1.29, 1.82) is 0 Å². The summed E-state index contributed by atoms with van der Waals surface area (Å²) in [4.78, 5) is 13.4. The van der Waals surface area contributed by atoms with Crippen LogP contribution in [0.3, 0.4) is 0 Å². The van der Waals surface area contributed by atoms with Crippen LogP contribution in [0.4, 0.5) is 0 Å². The van der Waals surface area contributed by atoms with Crippen LogP contribution >= 0.6 is 0 Å². The number of hydrogen-bond donors (Lipinski definition) is 1. The number of aromatic carboxylic acids is 1. The lowest BCUT2D eigenvalue weighted by Gasteiger charge is -2.25. The summed E-state index contributed by atoms with van der Waals surface area (Å²) in [5, 5.41) is 9.81. The molecule has 100 valence electrons. The fourth-order valence-electron chi connectivity index (χ4n) is 2.36. The third-order valence-corrected chi connectivity index (χ3v) is 3.33. The molecule has 0 radical (unpaired) electrons. The number of nitrogens with zero attached hydrogens (tertiary/aromatic N) is 1. The molecule has 5 nitrogen and oxygen atoms in total. The molecule has 0 spiro atoms. The van der Waals surface area contributed by atoms with Crippen LogP contribution < -0.4 is 0 Å². The number of carbonyl (C=O) groups is 1. The van der Waals surface area contributed by atoms with Gasteiger partial charge < -0.3 is 14.3 Å². The van der Waals surface area contributed by atoms with E-state index in [2.05, 4.69) is 4.90 Å². The fourth-order valence-corrected chi connectivity index (χ4v) is 2.36. The van der Waals surface area contributed by atoms with Crippen LogP contribution in [0, 0.1) is 0 Å². The molecule has 1 N–H and O–H groups in total. The summed E-state index contributed by atoms with van der Waals surface area (Å²) in [5.74, 6) is -0.130. The SMILES string of the molecule is O=C(O)c1cccc2oc(CN3CCOCC3)cc12. The highest BCUT2D eigenvalue weighted by Gasteiger charge is 2.16. The number of ether oxygens (including phenoxy) is 1. The first-order valence-electron chi connectivity index (χ1n) is 6.29. The molecule has 2 heterocycles. The zero-order valence-corrected chi connectivity index (χ0v) is 10.5. The number of carboxylic acid groups (broad SMARTS) is 1. The Kier molecular flexibility index (Phi) is 3.23. The first-order valence-corrected chi connectivity index (χ1v) is 6.29. The molecule has 1 saturated heterocycles. The Balaban J connectivity index is 1.88. The second-order valence-electron chi connectivity index (χ2n) is 4.62. The lowest BCUT2D eigenvalue weighted by molar-refractivity contribution is 0.0315. The van der Waals surface area contributed by atoms with E-state index in [4.69, 9.17) is 14.3 Å². The van der Waals surface area contributed by atoms with Crippen molar-refractivity contribution < 1.29 is 19.1 Å². The van der Waals surface area contributed by atoms with Crippen LogP contribution in [-0.2, 0) is 11.3 Å². The largest absolute Gasteiger partial charge is 0.478 e. The van der Waals surface area contributed by atoms with E-state index in [1.54, 1.807) is 18.2 Å². The molecular weight excluding hydrogens is 246 g/mol. The van der Waals surface area contributed by atoms with Gasteiger partial charge in [-0.3, -0.25) is 4.90 Å². The average molecular weight is 261 g/mol. The second kappa shape index (κ2) is 5.03. The van der Waals surface area contributed by atoms with Gasteiger partial charge in [-0.2, -0.15) is 0 Å². The van der Waals surface area contributed by atoms with Crippen LogP contribution in [0.5, 0.6) is 0 Å². The molecule has 0 atom stereocenters. The van der Waals surface area contributed by atoms with E-state index in [1.807, 2.05) is 6.07 Å². The highest BCUT2D eigenvalue weighted by molar-refractivity contribution is 6.02. The van der Waals surface area contributed by atoms with Crippen molar-refractivity contribution in [2.24, 2.45) is 0 Å². The Bertz CT molecular complexity index is 599. The van der Waals surface area contributed by atoms with Gasteiger partial charge in [0.2, 0.25) is 0 Å². The minimum Gasteiger partial charge on any atom is -0.478 e. The predicted molar refractivity (Wildman–Crippen MR) is 69.3 cm³/mol. The van der Waals surface area contributed by atoms with Crippen LogP contribution in [0.1, 0.15) is 16.1 Å². The number of morpholine rings is 1. The standard InChI is InChI=1S/C14H15NO4/c16-14(17)11-2-1-3-13-12(11)8-10(19-13)9-15-4-6-18-7-5-15/h1-3,8H,4-7,9H2,(H,16,17). The molecule has 0 amide bonds. The van der Waals surface area contributed by atoms with Crippen molar-refractivity contribution in [2.75, 3.05) is 26.3 Å². The maximum atomic E-state index is 11.1. The van der Waals surface area contributed by atoms with Crippen LogP contribution in [-0.4, -0.2) is 42.3 Å². The van der Waals surface area contributed by atoms with Crippen LogP contribution in [0.15, 0.2) is 28.7 Å². The van der Waals surface area contributed by atoms with Gasteiger partial charge in [-0.05, 0) is 18.2 Å². The van der Waals surface area contributed by atoms with Crippen molar-refractivity contribution in [3.63, 3.8) is 0 Å². The minimum absolute atomic E-state index is 0.287. The minimum atomic E-state index is -0.927. The summed E-state index contributed by atoms with van der Waals surface area (Å²) in [6, 6.07) is 6.92. The molecule has 3 rings (SSSR count). The molecule has 19 heavy (non-hydrogen) atoms. The zero-order chi connectivity index (χ0) is 13.2. The third kappa shape index (κ3) is 2.47. The zero-order valence-electron chi connectivity index (χ0n) is 10.5. The number of fused-ring (bicyclic) bond motifs is 1. The van der Waals surface area contributed by atoms with E-state index in [0.29, 0.717) is 17.5 Å². The van der Waals surface area contributed by atoms with Crippen molar-refractivity contribution in [1.82, 2.24) is 4.90 Å². The number of hydrogen-bond acceptors (Lipinski definition) is 4. The van der Waals surface area contributed by atoms with Crippen LogP contribution in [0.25, 0.3) is 11.0 Å². The molecule has 2 aromatic rings. The molecule has 5 heteroatoms. The third-order valence-electron chi connectivity index (χ3n) is 3.33. The molecule has 0 saturated carbocycles. The first-order chi connectivity index (χ1) is 9.24. The quantitative estimate of drug-likeness (QED) is 0.915. The van der Waals surface area contributed by atoms with Crippen molar-refractivity contribution >= 4 is 16.9 Å². The van der Waals surface area contributed by atoms with Crippen LogP contribution in [0.2, 0.25) is 0 Å². The summed E-state index contributed by atoms with van der Waals surface area (Å²) in [7, 11) is 0. The first kappa shape index (κ1) is 12.2. The number of benzene rings is 1. The maximum absolute atomic E-state index is 11.1. The van der Waals surface area contributed by atoms with E-state index >= 15 is 0 Å². The van der Waals surface area contributed by atoms with Gasteiger partial charge >= 0.3 is 5.97 Å². The lowest BCUT2D eigenvalue weighted by atomic mass is 10.1. The van der Waals surface area contributed by atoms with Gasteiger partial charge in [0.1, 0.15) is 11.3 Å². The van der Waals surface area contributed by atoms with E-state index in [0.717, 1.165) is 32.1 Å². The van der Waals surface area contributed by atoms with Gasteiger partial charge in [0, 0.05) is 18.5 Å². The molecular formula is C14H15NO4. The van der Waals surface area contributed by atoms with Gasteiger partial charge in [0.15, 0.2) is 0 Å². The topological polar surface area (TPSA) is 62.9 Å². The Hall–Kier alpha value is -1.85. The van der Waals surface area contributed by atoms with Gasteiger partial charge in [-0.15, -0.1) is 0 Å². The molecule has 0 bridgehead atoms. The van der Waals surface area contributed by atoms with Gasteiger partial charge in [0.05, 0.1) is 25.3 Å². The Morgan fingerprint density at radius 1 is 1.32 bits per heavy atom. The van der Waals surface area contributed by atoms with Gasteiger partial charge in [0.25, 0.3) is 0 Å². The maximum Gasteiger partial charge on any atom is 0.336 e. The van der Waals surface area contributed by atoms with E-state index < -0.39 is 5.97 Å². The van der Waals surface area contributed by atoms with Crippen molar-refractivity contribution in [3.05, 3.63) is 35.6 Å². The van der Waals surface area contributed by atoms with E-state index in [1.165, 1.54) is 0 Å². The summed E-state index contributed by atoms with van der Waals surface area (Å²) in [6.07, 6.45) is 0. The molecule has 1 aromatic heterocycles. The fraction of sp³-hybridized carbons (Fsp3) is 0.357. The highest BCUT2D eigenvalue weighted by atomic mass is 16.5. The number of rotatable bonds is 3. The highest BCUT2D eigenvalue weighted by Crippen LogP contribution is 2.24. The summed E-state index contributed by atoms with van der Waals surface area (Å²) in [5.41, 5.74) is 0.914. The monoisotopic (exact) mass is 261 g/mol. The summed E-state index contributed by atoms with van der Waals surface area (Å²) in [6.45, 7) is 3.92. The van der Waals surface area contributed by atoms with Gasteiger partial charge in [-0.1, -0.05) is 6.07 Å². The molecule has 1 fully saturated rings. The Morgan fingerprint density at radius 3 is 2.84 bits per heavy atom. The molecule has 1 aliphatic rings. The van der Waals surface area contributed by atoms with E-state index in [9.17, 15) is 4.79 Å². The molecule has 0 aliphatic carbocycles. The smallest absolute Gasteiger partial charge is 0.336 e. The summed E-state index contributed by atoms with van der Waals surface area (Å²) >= 11 is 0. The molecule has 1 aromatic carbocycles. The lowest BCUT2D eigenvalue weighted by Crippen LogP contribution is -2.35. The van der Waals surface area contributed by atoms with Crippen molar-refractivity contribution in [3.8, 4) is 0 Å². The average Bonchev–Trinajstić information content (AvgIpc) is 2.81. The van der Waals surface area contributed by atoms with E-state index in [-0.39, 0.29) is 5.56 Å². The predicted octanol–water partition coefficient (Wildman–Crippen LogP) is 1.96. The van der Waals surface area contributed by atoms with Gasteiger partial charge in [-0.25, -0.2) is 4.79 Å². The molecule has 1 aliphatic heterocycles. The second-order valence-corrected chi connectivity index (χ2v) is 4.62. The number of furan rings is 1. The van der Waals surface area contributed by atoms with Crippen molar-refractivity contribution in [2.45, 2.75) is 6.54 Å².